The average Bonchev–Trinajstić information content (AvgIpc) is 2.30. The maximum absolute atomic E-state index is 8.96. The van der Waals surface area contributed by atoms with Crippen LogP contribution in [0.15, 0.2) is 22.7 Å². The standard InChI is InChI=1S/C12H18BrNO3/c1-17-12-3-2-11(13)8-10(12)9-14(4-6-15)5-7-16/h2-3,8,15-16H,4-7,9H2,1H3. The monoisotopic (exact) mass is 303 g/mol. The third-order valence-electron chi connectivity index (χ3n) is 2.47. The molecule has 1 rings (SSSR count). The number of methoxy groups -OCH3 is 1. The van der Waals surface area contributed by atoms with E-state index in [0.29, 0.717) is 19.6 Å². The second kappa shape index (κ2) is 7.66. The van der Waals surface area contributed by atoms with Gasteiger partial charge in [-0.2, -0.15) is 0 Å². The lowest BCUT2D eigenvalue weighted by molar-refractivity contribution is 0.155. The van der Waals surface area contributed by atoms with Gasteiger partial charge < -0.3 is 14.9 Å². The highest BCUT2D eigenvalue weighted by atomic mass is 79.9. The molecule has 0 saturated heterocycles. The fourth-order valence-electron chi connectivity index (χ4n) is 1.66. The molecule has 17 heavy (non-hydrogen) atoms. The van der Waals surface area contributed by atoms with Crippen LogP contribution in [0.25, 0.3) is 0 Å². The summed E-state index contributed by atoms with van der Waals surface area (Å²) in [4.78, 5) is 1.98. The van der Waals surface area contributed by atoms with Crippen LogP contribution in [0.3, 0.4) is 0 Å². The first kappa shape index (κ1) is 14.4. The molecule has 0 amide bonds. The Hall–Kier alpha value is -0.620. The van der Waals surface area contributed by atoms with Crippen LogP contribution in [0.1, 0.15) is 5.56 Å². The van der Waals surface area contributed by atoms with Gasteiger partial charge in [-0.25, -0.2) is 0 Å². The quantitative estimate of drug-likeness (QED) is 0.796. The molecule has 0 aliphatic rings. The van der Waals surface area contributed by atoms with Crippen LogP contribution in [0.5, 0.6) is 5.75 Å². The normalized spacial score (nSPS) is 10.9. The number of hydrogen-bond acceptors (Lipinski definition) is 4. The van der Waals surface area contributed by atoms with E-state index in [1.807, 2.05) is 23.1 Å². The number of ether oxygens (including phenoxy) is 1. The highest BCUT2D eigenvalue weighted by Gasteiger charge is 2.09. The first-order valence-electron chi connectivity index (χ1n) is 5.47. The van der Waals surface area contributed by atoms with Gasteiger partial charge in [-0.05, 0) is 18.2 Å². The Balaban J connectivity index is 2.79. The molecule has 0 aliphatic heterocycles. The van der Waals surface area contributed by atoms with E-state index in [1.54, 1.807) is 7.11 Å². The van der Waals surface area contributed by atoms with Crippen LogP contribution in [-0.4, -0.2) is 48.5 Å². The van der Waals surface area contributed by atoms with Crippen molar-refractivity contribution < 1.29 is 14.9 Å². The molecule has 96 valence electrons. The minimum absolute atomic E-state index is 0.0797. The molecular formula is C12H18BrNO3. The molecular weight excluding hydrogens is 286 g/mol. The molecule has 5 heteroatoms. The van der Waals surface area contributed by atoms with Gasteiger partial charge in [-0.3, -0.25) is 4.90 Å². The predicted molar refractivity (Wildman–Crippen MR) is 70.1 cm³/mol. The zero-order valence-electron chi connectivity index (χ0n) is 9.90. The highest BCUT2D eigenvalue weighted by molar-refractivity contribution is 9.10. The number of nitrogens with zero attached hydrogens (tertiary/aromatic N) is 1. The molecule has 0 spiro atoms. The van der Waals surface area contributed by atoms with E-state index in [2.05, 4.69) is 15.9 Å². The summed E-state index contributed by atoms with van der Waals surface area (Å²) in [5, 5.41) is 17.9. The van der Waals surface area contributed by atoms with Crippen molar-refractivity contribution in [2.75, 3.05) is 33.4 Å². The maximum Gasteiger partial charge on any atom is 0.123 e. The van der Waals surface area contributed by atoms with Gasteiger partial charge in [0.05, 0.1) is 20.3 Å². The summed E-state index contributed by atoms with van der Waals surface area (Å²) in [6, 6.07) is 5.81. The van der Waals surface area contributed by atoms with Gasteiger partial charge in [0.1, 0.15) is 5.75 Å². The van der Waals surface area contributed by atoms with Crippen molar-refractivity contribution in [1.29, 1.82) is 0 Å². The first-order valence-corrected chi connectivity index (χ1v) is 6.27. The van der Waals surface area contributed by atoms with Crippen molar-refractivity contribution in [3.05, 3.63) is 28.2 Å². The van der Waals surface area contributed by atoms with E-state index in [4.69, 9.17) is 14.9 Å². The molecule has 4 nitrogen and oxygen atoms in total. The van der Waals surface area contributed by atoms with E-state index >= 15 is 0 Å². The largest absolute Gasteiger partial charge is 0.496 e. The van der Waals surface area contributed by atoms with Crippen LogP contribution >= 0.6 is 15.9 Å². The molecule has 0 bridgehead atoms. The summed E-state index contributed by atoms with van der Waals surface area (Å²) >= 11 is 3.42. The zero-order chi connectivity index (χ0) is 12.7. The van der Waals surface area contributed by atoms with E-state index in [-0.39, 0.29) is 13.2 Å². The lowest BCUT2D eigenvalue weighted by Crippen LogP contribution is -2.29. The number of aliphatic hydroxyl groups excluding tert-OH is 2. The van der Waals surface area contributed by atoms with Crippen molar-refractivity contribution >= 4 is 15.9 Å². The Morgan fingerprint density at radius 1 is 1.24 bits per heavy atom. The fraction of sp³-hybridized carbons (Fsp3) is 0.500. The third kappa shape index (κ3) is 4.63. The molecule has 2 N–H and O–H groups in total. The second-order valence-corrected chi connectivity index (χ2v) is 4.60. The molecule has 0 radical (unpaired) electrons. The molecule has 0 unspecified atom stereocenters. The van der Waals surface area contributed by atoms with E-state index in [0.717, 1.165) is 15.8 Å². The molecule has 1 aromatic carbocycles. The Morgan fingerprint density at radius 2 is 1.88 bits per heavy atom. The zero-order valence-corrected chi connectivity index (χ0v) is 11.5. The summed E-state index contributed by atoms with van der Waals surface area (Å²) in [6.07, 6.45) is 0. The minimum Gasteiger partial charge on any atom is -0.496 e. The average molecular weight is 304 g/mol. The Kier molecular flexibility index (Phi) is 6.50. The summed E-state index contributed by atoms with van der Waals surface area (Å²) in [5.74, 6) is 0.814. The molecule has 0 atom stereocenters. The van der Waals surface area contributed by atoms with Gasteiger partial charge in [0.25, 0.3) is 0 Å². The lowest BCUT2D eigenvalue weighted by Gasteiger charge is -2.21. The molecule has 0 saturated carbocycles. The lowest BCUT2D eigenvalue weighted by atomic mass is 10.2. The van der Waals surface area contributed by atoms with Gasteiger partial charge in [0.2, 0.25) is 0 Å². The van der Waals surface area contributed by atoms with Crippen molar-refractivity contribution in [3.63, 3.8) is 0 Å². The highest BCUT2D eigenvalue weighted by Crippen LogP contribution is 2.24. The molecule has 0 aromatic heterocycles. The smallest absolute Gasteiger partial charge is 0.123 e. The fourth-order valence-corrected chi connectivity index (χ4v) is 2.07. The Morgan fingerprint density at radius 3 is 2.41 bits per heavy atom. The summed E-state index contributed by atoms with van der Waals surface area (Å²) in [5.41, 5.74) is 1.03. The van der Waals surface area contributed by atoms with E-state index in [9.17, 15) is 0 Å². The number of hydrogen-bond donors (Lipinski definition) is 2. The van der Waals surface area contributed by atoms with Crippen LogP contribution < -0.4 is 4.74 Å². The van der Waals surface area contributed by atoms with Crippen LogP contribution in [0.2, 0.25) is 0 Å². The van der Waals surface area contributed by atoms with Gasteiger partial charge in [-0.15, -0.1) is 0 Å². The number of aliphatic hydroxyl groups is 2. The number of benzene rings is 1. The maximum atomic E-state index is 8.96. The Bertz CT molecular complexity index is 341. The van der Waals surface area contributed by atoms with Crippen molar-refractivity contribution in [2.45, 2.75) is 6.54 Å². The van der Waals surface area contributed by atoms with Gasteiger partial charge in [-0.1, -0.05) is 15.9 Å². The molecule has 0 aliphatic carbocycles. The summed E-state index contributed by atoms with van der Waals surface area (Å²) in [6.45, 7) is 1.88. The van der Waals surface area contributed by atoms with Gasteiger partial charge in [0, 0.05) is 29.7 Å². The topological polar surface area (TPSA) is 52.9 Å². The van der Waals surface area contributed by atoms with Gasteiger partial charge in [0.15, 0.2) is 0 Å². The number of rotatable bonds is 7. The predicted octanol–water partition coefficient (Wildman–Crippen LogP) is 1.24. The Labute approximate surface area is 110 Å². The molecule has 0 heterocycles. The van der Waals surface area contributed by atoms with E-state index < -0.39 is 0 Å². The number of halogens is 1. The van der Waals surface area contributed by atoms with Crippen LogP contribution in [-0.2, 0) is 6.54 Å². The molecule has 0 fully saturated rings. The minimum atomic E-state index is 0.0797. The van der Waals surface area contributed by atoms with Crippen molar-refractivity contribution in [2.24, 2.45) is 0 Å². The van der Waals surface area contributed by atoms with E-state index in [1.165, 1.54) is 0 Å². The van der Waals surface area contributed by atoms with Gasteiger partial charge >= 0.3 is 0 Å². The summed E-state index contributed by atoms with van der Waals surface area (Å²) < 4.78 is 6.27. The SMILES string of the molecule is COc1ccc(Br)cc1CN(CCO)CCO. The molecule has 1 aromatic rings. The van der Waals surface area contributed by atoms with Crippen LogP contribution in [0, 0.1) is 0 Å². The van der Waals surface area contributed by atoms with Crippen molar-refractivity contribution in [3.8, 4) is 5.75 Å². The third-order valence-corrected chi connectivity index (χ3v) is 2.96. The summed E-state index contributed by atoms with van der Waals surface area (Å²) in [7, 11) is 1.63. The first-order chi connectivity index (χ1) is 8.21. The second-order valence-electron chi connectivity index (χ2n) is 3.68. The van der Waals surface area contributed by atoms with Crippen molar-refractivity contribution in [1.82, 2.24) is 4.90 Å². The van der Waals surface area contributed by atoms with Crippen LogP contribution in [0.4, 0.5) is 0 Å².